The monoisotopic (exact) mass is 420 g/mol. The lowest BCUT2D eigenvalue weighted by molar-refractivity contribution is 0.249. The Balaban J connectivity index is 1.47. The number of anilines is 1. The first-order chi connectivity index (χ1) is 14.9. The van der Waals surface area contributed by atoms with Crippen LogP contribution in [0.4, 0.5) is 10.1 Å². The van der Waals surface area contributed by atoms with Crippen LogP contribution in [0.3, 0.4) is 0 Å². The maximum Gasteiger partial charge on any atom is 0.193 e. The molecule has 0 bridgehead atoms. The summed E-state index contributed by atoms with van der Waals surface area (Å²) in [7, 11) is 5.99. The number of phenolic OH excluding ortho intramolecular Hbond substituents is 1. The van der Waals surface area contributed by atoms with Gasteiger partial charge in [0.05, 0.1) is 22.9 Å². The fraction of sp³-hybridized carbons (Fsp3) is 0.348. The smallest absolute Gasteiger partial charge is 0.193 e. The summed E-state index contributed by atoms with van der Waals surface area (Å²) in [5.41, 5.74) is 3.49. The zero-order chi connectivity index (χ0) is 21.7. The van der Waals surface area contributed by atoms with Crippen LogP contribution in [0.2, 0.25) is 0 Å². The van der Waals surface area contributed by atoms with E-state index in [0.29, 0.717) is 28.2 Å². The molecule has 5 rings (SSSR count). The molecule has 1 saturated heterocycles. The normalized spacial score (nSPS) is 15.5. The molecule has 0 spiro atoms. The Morgan fingerprint density at radius 3 is 2.65 bits per heavy atom. The van der Waals surface area contributed by atoms with E-state index in [9.17, 15) is 9.50 Å². The molecule has 1 aliphatic rings. The third kappa shape index (κ3) is 3.46. The first-order valence-electron chi connectivity index (χ1n) is 10.4. The van der Waals surface area contributed by atoms with Crippen molar-refractivity contribution in [1.82, 2.24) is 24.6 Å². The van der Waals surface area contributed by atoms with Crippen LogP contribution in [0.5, 0.6) is 5.75 Å². The molecule has 8 heteroatoms. The Morgan fingerprint density at radius 2 is 1.90 bits per heavy atom. The van der Waals surface area contributed by atoms with Gasteiger partial charge in [-0.05, 0) is 51.2 Å². The zero-order valence-corrected chi connectivity index (χ0v) is 17.9. The highest BCUT2D eigenvalue weighted by Crippen LogP contribution is 2.36. The van der Waals surface area contributed by atoms with Gasteiger partial charge in [-0.3, -0.25) is 9.67 Å². The highest BCUT2D eigenvalue weighted by molar-refractivity contribution is 5.89. The number of piperidine rings is 1. The Hall–Kier alpha value is -3.26. The van der Waals surface area contributed by atoms with Gasteiger partial charge >= 0.3 is 0 Å². The third-order valence-corrected chi connectivity index (χ3v) is 6.19. The zero-order valence-electron chi connectivity index (χ0n) is 17.9. The summed E-state index contributed by atoms with van der Waals surface area (Å²) >= 11 is 0. The number of aromatic hydroxyl groups is 1. The lowest BCUT2D eigenvalue weighted by atomic mass is 10.0. The summed E-state index contributed by atoms with van der Waals surface area (Å²) in [6, 6.07) is 8.37. The van der Waals surface area contributed by atoms with Crippen LogP contribution in [-0.4, -0.2) is 63.0 Å². The second-order valence-electron chi connectivity index (χ2n) is 8.44. The van der Waals surface area contributed by atoms with E-state index < -0.39 is 11.6 Å². The highest BCUT2D eigenvalue weighted by Gasteiger charge is 2.21. The number of aryl methyl sites for hydroxylation is 1. The average molecular weight is 420 g/mol. The number of aromatic nitrogens is 4. The Labute approximate surface area is 179 Å². The molecule has 0 unspecified atom stereocenters. The Bertz CT molecular complexity index is 1280. The van der Waals surface area contributed by atoms with E-state index in [4.69, 9.17) is 0 Å². The first kappa shape index (κ1) is 19.7. The number of nitrogens with zero attached hydrogens (tertiary/aromatic N) is 6. The number of hydrogen-bond donors (Lipinski definition) is 1. The molecule has 3 heterocycles. The van der Waals surface area contributed by atoms with Gasteiger partial charge in [-0.15, -0.1) is 0 Å². The SMILES string of the molecule is CN(C)C1CCN(c2ccc3nc(-c4cc5cn(C)nc5c(F)c4O)cnc3c2)CC1. The molecule has 1 aliphatic heterocycles. The van der Waals surface area contributed by atoms with Gasteiger partial charge < -0.3 is 14.9 Å². The van der Waals surface area contributed by atoms with Crippen molar-refractivity contribution in [2.45, 2.75) is 18.9 Å². The molecule has 0 amide bonds. The summed E-state index contributed by atoms with van der Waals surface area (Å²) in [5, 5.41) is 15.1. The second kappa shape index (κ2) is 7.46. The van der Waals surface area contributed by atoms with E-state index in [1.807, 2.05) is 12.1 Å². The predicted octanol–water partition coefficient (Wildman–Crippen LogP) is 3.56. The van der Waals surface area contributed by atoms with Crippen molar-refractivity contribution in [3.8, 4) is 17.0 Å². The van der Waals surface area contributed by atoms with Crippen molar-refractivity contribution < 1.29 is 9.50 Å². The van der Waals surface area contributed by atoms with Crippen LogP contribution >= 0.6 is 0 Å². The highest BCUT2D eigenvalue weighted by atomic mass is 19.1. The number of rotatable bonds is 3. The van der Waals surface area contributed by atoms with Crippen molar-refractivity contribution in [1.29, 1.82) is 0 Å². The molecular weight excluding hydrogens is 395 g/mol. The van der Waals surface area contributed by atoms with Crippen molar-refractivity contribution in [2.24, 2.45) is 7.05 Å². The van der Waals surface area contributed by atoms with Crippen LogP contribution < -0.4 is 4.90 Å². The molecule has 0 saturated carbocycles. The molecule has 2 aromatic heterocycles. The lowest BCUT2D eigenvalue weighted by Crippen LogP contribution is -2.41. The molecule has 1 N–H and O–H groups in total. The minimum Gasteiger partial charge on any atom is -0.504 e. The summed E-state index contributed by atoms with van der Waals surface area (Å²) in [4.78, 5) is 13.9. The molecule has 160 valence electrons. The van der Waals surface area contributed by atoms with E-state index in [1.165, 1.54) is 4.68 Å². The molecule has 0 radical (unpaired) electrons. The van der Waals surface area contributed by atoms with Crippen LogP contribution in [0, 0.1) is 5.82 Å². The number of benzene rings is 2. The third-order valence-electron chi connectivity index (χ3n) is 6.19. The average Bonchev–Trinajstić information content (AvgIpc) is 3.16. The van der Waals surface area contributed by atoms with Gasteiger partial charge in [0.25, 0.3) is 0 Å². The van der Waals surface area contributed by atoms with E-state index in [-0.39, 0.29) is 5.52 Å². The van der Waals surface area contributed by atoms with Crippen LogP contribution in [-0.2, 0) is 7.05 Å². The molecule has 31 heavy (non-hydrogen) atoms. The molecule has 0 atom stereocenters. The molecular formula is C23H25FN6O. The fourth-order valence-corrected chi connectivity index (χ4v) is 4.40. The standard InChI is InChI=1S/C23H25FN6O/c1-28(2)15-6-8-30(9-7-15)16-4-5-18-19(11-16)25-12-20(26-18)17-10-14-13-29(3)27-22(14)21(24)23(17)31/h4-5,10-13,15,31H,6-9H2,1-3H3. The van der Waals surface area contributed by atoms with E-state index in [0.717, 1.165) is 37.1 Å². The molecule has 1 fully saturated rings. The van der Waals surface area contributed by atoms with Gasteiger partial charge in [-0.1, -0.05) is 0 Å². The Morgan fingerprint density at radius 1 is 1.13 bits per heavy atom. The first-order valence-corrected chi connectivity index (χ1v) is 10.4. The van der Waals surface area contributed by atoms with Crippen molar-refractivity contribution >= 4 is 27.6 Å². The van der Waals surface area contributed by atoms with E-state index in [1.54, 1.807) is 25.5 Å². The molecule has 4 aromatic rings. The van der Waals surface area contributed by atoms with Gasteiger partial charge in [-0.2, -0.15) is 5.10 Å². The molecule has 7 nitrogen and oxygen atoms in total. The van der Waals surface area contributed by atoms with Gasteiger partial charge in [0, 0.05) is 49.0 Å². The number of fused-ring (bicyclic) bond motifs is 2. The largest absolute Gasteiger partial charge is 0.504 e. The van der Waals surface area contributed by atoms with Crippen molar-refractivity contribution in [3.63, 3.8) is 0 Å². The van der Waals surface area contributed by atoms with Gasteiger partial charge in [0.15, 0.2) is 11.6 Å². The second-order valence-corrected chi connectivity index (χ2v) is 8.44. The number of phenols is 1. The summed E-state index contributed by atoms with van der Waals surface area (Å²) in [5.74, 6) is -1.20. The van der Waals surface area contributed by atoms with Gasteiger partial charge in [0.2, 0.25) is 0 Å². The quantitative estimate of drug-likeness (QED) is 0.547. The lowest BCUT2D eigenvalue weighted by Gasteiger charge is -2.36. The van der Waals surface area contributed by atoms with E-state index >= 15 is 0 Å². The number of halogens is 1. The minimum atomic E-state index is -0.744. The molecule has 0 aliphatic carbocycles. The van der Waals surface area contributed by atoms with Crippen LogP contribution in [0.15, 0.2) is 36.7 Å². The fourth-order valence-electron chi connectivity index (χ4n) is 4.40. The minimum absolute atomic E-state index is 0.139. The van der Waals surface area contributed by atoms with Crippen molar-refractivity contribution in [3.05, 3.63) is 42.5 Å². The van der Waals surface area contributed by atoms with Crippen molar-refractivity contribution in [2.75, 3.05) is 32.1 Å². The van der Waals surface area contributed by atoms with Gasteiger partial charge in [-0.25, -0.2) is 9.37 Å². The van der Waals surface area contributed by atoms with Crippen LogP contribution in [0.1, 0.15) is 12.8 Å². The van der Waals surface area contributed by atoms with Crippen LogP contribution in [0.25, 0.3) is 33.2 Å². The van der Waals surface area contributed by atoms with Gasteiger partial charge in [0.1, 0.15) is 5.52 Å². The predicted molar refractivity (Wildman–Crippen MR) is 120 cm³/mol. The maximum atomic E-state index is 14.6. The molecule has 2 aromatic carbocycles. The maximum absolute atomic E-state index is 14.6. The topological polar surface area (TPSA) is 70.3 Å². The number of hydrogen-bond acceptors (Lipinski definition) is 6. The Kier molecular flexibility index (Phi) is 4.74. The summed E-state index contributed by atoms with van der Waals surface area (Å²) < 4.78 is 16.1. The van der Waals surface area contributed by atoms with E-state index in [2.05, 4.69) is 45.0 Å². The summed E-state index contributed by atoms with van der Waals surface area (Å²) in [6.45, 7) is 2.02. The summed E-state index contributed by atoms with van der Waals surface area (Å²) in [6.07, 6.45) is 5.57.